The minimum Gasteiger partial charge on any atom is -0.497 e. The van der Waals surface area contributed by atoms with Gasteiger partial charge in [-0.05, 0) is 35.7 Å². The van der Waals surface area contributed by atoms with Gasteiger partial charge in [0.2, 0.25) is 5.88 Å². The molecule has 0 saturated carbocycles. The van der Waals surface area contributed by atoms with Crippen molar-refractivity contribution in [1.82, 2.24) is 15.6 Å². The number of hydrogen-bond acceptors (Lipinski definition) is 4. The van der Waals surface area contributed by atoms with Gasteiger partial charge in [0.25, 0.3) is 0 Å². The fourth-order valence-electron chi connectivity index (χ4n) is 2.32. The molecule has 1 aromatic heterocycles. The van der Waals surface area contributed by atoms with Gasteiger partial charge in [0.15, 0.2) is 12.6 Å². The van der Waals surface area contributed by atoms with Crippen molar-refractivity contribution in [2.24, 2.45) is 4.99 Å². The van der Waals surface area contributed by atoms with Gasteiger partial charge in [-0.25, -0.2) is 4.98 Å². The second-order valence-corrected chi connectivity index (χ2v) is 5.86. The third-order valence-corrected chi connectivity index (χ3v) is 3.73. The number of rotatable bonds is 8. The van der Waals surface area contributed by atoms with E-state index in [-0.39, 0.29) is 29.9 Å². The molecule has 0 aliphatic rings. The normalized spacial score (nSPS) is 11.4. The quantitative estimate of drug-likeness (QED) is 0.314. The first kappa shape index (κ1) is 24.8. The number of guanidine groups is 1. The maximum atomic E-state index is 12.2. The fourth-order valence-corrected chi connectivity index (χ4v) is 2.32. The number of ether oxygens (including phenoxy) is 2. The Morgan fingerprint density at radius 2 is 1.83 bits per heavy atom. The lowest BCUT2D eigenvalue weighted by Crippen LogP contribution is -2.37. The van der Waals surface area contributed by atoms with E-state index in [4.69, 9.17) is 4.74 Å². The minimum absolute atomic E-state index is 0. The van der Waals surface area contributed by atoms with Gasteiger partial charge in [0.1, 0.15) is 5.75 Å². The molecule has 10 heteroatoms. The van der Waals surface area contributed by atoms with Crippen molar-refractivity contribution in [2.45, 2.75) is 19.1 Å². The highest BCUT2D eigenvalue weighted by atomic mass is 127. The summed E-state index contributed by atoms with van der Waals surface area (Å²) in [5.74, 6) is 1.33. The number of alkyl halides is 3. The lowest BCUT2D eigenvalue weighted by atomic mass is 10.1. The molecule has 0 amide bonds. The van der Waals surface area contributed by atoms with E-state index in [2.05, 4.69) is 25.3 Å². The summed E-state index contributed by atoms with van der Waals surface area (Å²) in [5.41, 5.74) is 1.88. The summed E-state index contributed by atoms with van der Waals surface area (Å²) in [6.07, 6.45) is -2.19. The monoisotopic (exact) mass is 524 g/mol. The Kier molecular flexibility index (Phi) is 10.6. The van der Waals surface area contributed by atoms with Crippen LogP contribution in [0.4, 0.5) is 13.2 Å². The van der Waals surface area contributed by atoms with Crippen LogP contribution < -0.4 is 20.1 Å². The summed E-state index contributed by atoms with van der Waals surface area (Å²) >= 11 is 0. The molecule has 0 unspecified atom stereocenters. The highest BCUT2D eigenvalue weighted by Crippen LogP contribution is 2.17. The predicted molar refractivity (Wildman–Crippen MR) is 116 cm³/mol. The molecule has 0 aliphatic carbocycles. The Bertz CT molecular complexity index is 771. The van der Waals surface area contributed by atoms with Gasteiger partial charge < -0.3 is 20.1 Å². The molecule has 0 bridgehead atoms. The van der Waals surface area contributed by atoms with E-state index in [0.29, 0.717) is 19.0 Å². The van der Waals surface area contributed by atoms with Crippen molar-refractivity contribution in [1.29, 1.82) is 0 Å². The molecule has 160 valence electrons. The number of aromatic nitrogens is 1. The maximum Gasteiger partial charge on any atom is 0.422 e. The molecule has 0 radical (unpaired) electrons. The van der Waals surface area contributed by atoms with Crippen LogP contribution >= 0.6 is 24.0 Å². The van der Waals surface area contributed by atoms with Crippen LogP contribution in [0.25, 0.3) is 0 Å². The molecule has 0 saturated heterocycles. The van der Waals surface area contributed by atoms with Crippen LogP contribution in [-0.4, -0.2) is 44.4 Å². The molecule has 0 spiro atoms. The molecular formula is C19H24F3IN4O2. The largest absolute Gasteiger partial charge is 0.497 e. The zero-order valence-electron chi connectivity index (χ0n) is 16.1. The topological polar surface area (TPSA) is 67.8 Å². The van der Waals surface area contributed by atoms with Gasteiger partial charge in [-0.15, -0.1) is 24.0 Å². The highest BCUT2D eigenvalue weighted by molar-refractivity contribution is 14.0. The van der Waals surface area contributed by atoms with Crippen molar-refractivity contribution in [3.8, 4) is 11.6 Å². The van der Waals surface area contributed by atoms with Crippen LogP contribution in [0, 0.1) is 0 Å². The first-order valence-corrected chi connectivity index (χ1v) is 8.61. The smallest absolute Gasteiger partial charge is 0.422 e. The molecule has 6 nitrogen and oxygen atoms in total. The van der Waals surface area contributed by atoms with Crippen molar-refractivity contribution >= 4 is 29.9 Å². The second kappa shape index (κ2) is 12.3. The van der Waals surface area contributed by atoms with Gasteiger partial charge in [0.05, 0.1) is 7.11 Å². The molecule has 0 aliphatic heterocycles. The van der Waals surface area contributed by atoms with Crippen LogP contribution in [0.2, 0.25) is 0 Å². The maximum absolute atomic E-state index is 12.2. The number of halogens is 4. The molecule has 29 heavy (non-hydrogen) atoms. The Balaban J connectivity index is 0.00000420. The summed E-state index contributed by atoms with van der Waals surface area (Å²) in [7, 11) is 3.27. The molecule has 2 aromatic rings. The molecule has 2 N–H and O–H groups in total. The van der Waals surface area contributed by atoms with Crippen LogP contribution in [0.1, 0.15) is 11.1 Å². The molecule has 1 heterocycles. The molecule has 0 fully saturated rings. The summed E-state index contributed by atoms with van der Waals surface area (Å²) in [5, 5.41) is 6.29. The highest BCUT2D eigenvalue weighted by Gasteiger charge is 2.28. The molecule has 1 aromatic carbocycles. The zero-order valence-corrected chi connectivity index (χ0v) is 18.5. The number of benzene rings is 1. The average molecular weight is 524 g/mol. The van der Waals surface area contributed by atoms with Gasteiger partial charge in [-0.3, -0.25) is 4.99 Å². The summed E-state index contributed by atoms with van der Waals surface area (Å²) in [6.45, 7) is -0.332. The Labute approximate surface area is 184 Å². The van der Waals surface area contributed by atoms with E-state index < -0.39 is 12.8 Å². The van der Waals surface area contributed by atoms with E-state index in [9.17, 15) is 13.2 Å². The molecule has 0 atom stereocenters. The van der Waals surface area contributed by atoms with E-state index in [0.717, 1.165) is 23.3 Å². The number of pyridine rings is 1. The van der Waals surface area contributed by atoms with Gasteiger partial charge in [0, 0.05) is 32.4 Å². The summed E-state index contributed by atoms with van der Waals surface area (Å²) in [4.78, 5) is 7.91. The lowest BCUT2D eigenvalue weighted by molar-refractivity contribution is -0.154. The SMILES string of the molecule is CN=C(NCCc1ccc(OC)cc1)NCc1ccnc(OCC(F)(F)F)c1.I. The van der Waals surface area contributed by atoms with Crippen molar-refractivity contribution in [3.05, 3.63) is 53.7 Å². The second-order valence-electron chi connectivity index (χ2n) is 5.86. The number of aliphatic imine (C=N–C) groups is 1. The Morgan fingerprint density at radius 1 is 1.10 bits per heavy atom. The number of nitrogens with one attached hydrogen (secondary N) is 2. The number of nitrogens with zero attached hydrogens (tertiary/aromatic N) is 2. The van der Waals surface area contributed by atoms with E-state index in [1.54, 1.807) is 20.2 Å². The number of hydrogen-bond donors (Lipinski definition) is 2. The Hall–Kier alpha value is -2.24. The third kappa shape index (κ3) is 9.68. The summed E-state index contributed by atoms with van der Waals surface area (Å²) < 4.78 is 46.5. The molecule has 2 rings (SSSR count). The van der Waals surface area contributed by atoms with Crippen LogP contribution in [-0.2, 0) is 13.0 Å². The van der Waals surface area contributed by atoms with Crippen molar-refractivity contribution < 1.29 is 22.6 Å². The first-order valence-electron chi connectivity index (χ1n) is 8.61. The van der Waals surface area contributed by atoms with Crippen molar-refractivity contribution in [2.75, 3.05) is 27.3 Å². The van der Waals surface area contributed by atoms with Crippen LogP contribution in [0.3, 0.4) is 0 Å². The fraction of sp³-hybridized carbons (Fsp3) is 0.368. The number of methoxy groups -OCH3 is 1. The summed E-state index contributed by atoms with van der Waals surface area (Å²) in [6, 6.07) is 11.0. The van der Waals surface area contributed by atoms with Gasteiger partial charge in [-0.2, -0.15) is 13.2 Å². The van der Waals surface area contributed by atoms with E-state index in [1.165, 1.54) is 12.3 Å². The van der Waals surface area contributed by atoms with Crippen molar-refractivity contribution in [3.63, 3.8) is 0 Å². The predicted octanol–water partition coefficient (Wildman–Crippen LogP) is 3.56. The average Bonchev–Trinajstić information content (AvgIpc) is 2.69. The zero-order chi connectivity index (χ0) is 20.4. The Morgan fingerprint density at radius 3 is 2.45 bits per heavy atom. The van der Waals surface area contributed by atoms with Crippen LogP contribution in [0.5, 0.6) is 11.6 Å². The van der Waals surface area contributed by atoms with Gasteiger partial charge >= 0.3 is 6.18 Å². The first-order chi connectivity index (χ1) is 13.4. The standard InChI is InChI=1S/C19H23F3N4O2.HI/c1-23-18(25-10-7-14-3-5-16(27-2)6-4-14)26-12-15-8-9-24-17(11-15)28-13-19(20,21)22;/h3-6,8-9,11H,7,10,12-13H2,1-2H3,(H2,23,25,26);1H. The molecular weight excluding hydrogens is 500 g/mol. The lowest BCUT2D eigenvalue weighted by Gasteiger charge is -2.13. The third-order valence-electron chi connectivity index (χ3n) is 3.73. The van der Waals surface area contributed by atoms with Gasteiger partial charge in [-0.1, -0.05) is 12.1 Å². The van der Waals surface area contributed by atoms with E-state index in [1.807, 2.05) is 24.3 Å². The van der Waals surface area contributed by atoms with Crippen LogP contribution in [0.15, 0.2) is 47.6 Å². The van der Waals surface area contributed by atoms with E-state index >= 15 is 0 Å². The minimum atomic E-state index is -4.40.